The fourth-order valence-corrected chi connectivity index (χ4v) is 2.14. The first-order chi connectivity index (χ1) is 5.09. The van der Waals surface area contributed by atoms with Gasteiger partial charge in [0.05, 0.1) is 0 Å². The molecule has 0 heteroatoms. The Morgan fingerprint density at radius 1 is 1.09 bits per heavy atom. The Bertz CT molecular complexity index is 180. The molecule has 0 saturated carbocycles. The lowest BCUT2D eigenvalue weighted by atomic mass is 9.88. The van der Waals surface area contributed by atoms with E-state index in [1.165, 1.54) is 0 Å². The van der Waals surface area contributed by atoms with Crippen LogP contribution < -0.4 is 0 Å². The fraction of sp³-hybridized carbons (Fsp3) is 0.636. The summed E-state index contributed by atoms with van der Waals surface area (Å²) in [6, 6.07) is 0. The molecule has 0 aromatic carbocycles. The third kappa shape index (κ3) is 1.15. The van der Waals surface area contributed by atoms with E-state index in [9.17, 15) is 0 Å². The summed E-state index contributed by atoms with van der Waals surface area (Å²) in [4.78, 5) is 0. The van der Waals surface area contributed by atoms with Gasteiger partial charge in [-0.1, -0.05) is 31.1 Å². The molecule has 0 fully saturated rings. The molecule has 1 aliphatic carbocycles. The van der Waals surface area contributed by atoms with Crippen molar-refractivity contribution in [1.29, 1.82) is 0 Å². The Labute approximate surface area is 70.0 Å². The van der Waals surface area contributed by atoms with Gasteiger partial charge in [0.15, 0.2) is 0 Å². The quantitative estimate of drug-likeness (QED) is 0.502. The van der Waals surface area contributed by atoms with E-state index in [1.54, 1.807) is 11.1 Å². The largest absolute Gasteiger partial charge is 0.103 e. The van der Waals surface area contributed by atoms with E-state index in [1.807, 2.05) is 0 Å². The lowest BCUT2D eigenvalue weighted by Crippen LogP contribution is -2.09. The summed E-state index contributed by atoms with van der Waals surface area (Å²) >= 11 is 0. The molecule has 0 bridgehead atoms. The van der Waals surface area contributed by atoms with E-state index in [2.05, 4.69) is 40.3 Å². The molecule has 0 aromatic heterocycles. The Kier molecular flexibility index (Phi) is 2.22. The molecule has 2 atom stereocenters. The summed E-state index contributed by atoms with van der Waals surface area (Å²) < 4.78 is 0. The monoisotopic (exact) mass is 150 g/mol. The van der Waals surface area contributed by atoms with Gasteiger partial charge in [0.2, 0.25) is 0 Å². The minimum absolute atomic E-state index is 0.676. The zero-order valence-corrected chi connectivity index (χ0v) is 8.02. The number of hydrogen-bond donors (Lipinski definition) is 0. The maximum absolute atomic E-state index is 3.89. The topological polar surface area (TPSA) is 0 Å². The highest BCUT2D eigenvalue weighted by molar-refractivity contribution is 5.25. The van der Waals surface area contributed by atoms with Gasteiger partial charge in [-0.15, -0.1) is 6.58 Å². The molecule has 1 rings (SSSR count). The van der Waals surface area contributed by atoms with Crippen LogP contribution >= 0.6 is 0 Å². The number of hydrogen-bond acceptors (Lipinski definition) is 0. The maximum atomic E-state index is 3.89. The van der Waals surface area contributed by atoms with Crippen LogP contribution in [0.15, 0.2) is 23.8 Å². The van der Waals surface area contributed by atoms with Gasteiger partial charge in [-0.2, -0.15) is 0 Å². The predicted molar refractivity (Wildman–Crippen MR) is 50.4 cm³/mol. The van der Waals surface area contributed by atoms with Gasteiger partial charge in [-0.25, -0.2) is 0 Å². The number of rotatable bonds is 1. The lowest BCUT2D eigenvalue weighted by molar-refractivity contribution is 0.438. The average Bonchev–Trinajstić information content (AvgIpc) is 2.17. The highest BCUT2D eigenvalue weighted by Crippen LogP contribution is 2.41. The van der Waals surface area contributed by atoms with E-state index >= 15 is 0 Å². The van der Waals surface area contributed by atoms with Crippen molar-refractivity contribution in [1.82, 2.24) is 0 Å². The summed E-state index contributed by atoms with van der Waals surface area (Å²) in [6.45, 7) is 13.0. The highest BCUT2D eigenvalue weighted by Gasteiger charge is 2.30. The van der Waals surface area contributed by atoms with Crippen LogP contribution in [0.2, 0.25) is 0 Å². The molecule has 1 aliphatic rings. The summed E-state index contributed by atoms with van der Waals surface area (Å²) in [6.07, 6.45) is 2.11. The molecule has 0 N–H and O–H groups in total. The average molecular weight is 150 g/mol. The van der Waals surface area contributed by atoms with Crippen molar-refractivity contribution in [2.75, 3.05) is 0 Å². The molecule has 0 nitrogen and oxygen atoms in total. The molecule has 0 radical (unpaired) electrons. The Morgan fingerprint density at radius 2 is 1.45 bits per heavy atom. The standard InChI is InChI=1S/C11H18/c1-6-11-9(4)7(2)8(3)10(11)5/h6,9-11H,1H2,2-5H3. The van der Waals surface area contributed by atoms with Crippen LogP contribution in [0.1, 0.15) is 27.7 Å². The smallest absolute Gasteiger partial charge is 0.0110 e. The zero-order valence-electron chi connectivity index (χ0n) is 8.02. The van der Waals surface area contributed by atoms with Crippen LogP contribution in [0.25, 0.3) is 0 Å². The summed E-state index contributed by atoms with van der Waals surface area (Å²) in [7, 11) is 0. The van der Waals surface area contributed by atoms with Gasteiger partial charge in [0, 0.05) is 0 Å². The van der Waals surface area contributed by atoms with Crippen molar-refractivity contribution in [3.05, 3.63) is 23.8 Å². The molecule has 0 aliphatic heterocycles. The first-order valence-corrected chi connectivity index (χ1v) is 4.39. The minimum atomic E-state index is 0.676. The third-order valence-corrected chi connectivity index (χ3v) is 3.41. The van der Waals surface area contributed by atoms with Crippen LogP contribution in [0.5, 0.6) is 0 Å². The van der Waals surface area contributed by atoms with Gasteiger partial charge in [0.25, 0.3) is 0 Å². The lowest BCUT2D eigenvalue weighted by Gasteiger charge is -2.16. The summed E-state index contributed by atoms with van der Waals surface area (Å²) in [5.41, 5.74) is 3.14. The predicted octanol–water partition coefficient (Wildman–Crippen LogP) is 3.41. The van der Waals surface area contributed by atoms with E-state index in [0.717, 1.165) is 0 Å². The second-order valence-electron chi connectivity index (χ2n) is 3.76. The second kappa shape index (κ2) is 2.84. The Balaban J connectivity index is 2.91. The van der Waals surface area contributed by atoms with Gasteiger partial charge in [-0.3, -0.25) is 0 Å². The molecule has 0 heterocycles. The van der Waals surface area contributed by atoms with Crippen molar-refractivity contribution in [3.63, 3.8) is 0 Å². The fourth-order valence-electron chi connectivity index (χ4n) is 2.14. The molecule has 62 valence electrons. The van der Waals surface area contributed by atoms with Gasteiger partial charge < -0.3 is 0 Å². The van der Waals surface area contributed by atoms with Crippen molar-refractivity contribution < 1.29 is 0 Å². The molecule has 0 amide bonds. The Morgan fingerprint density at radius 3 is 1.64 bits per heavy atom. The van der Waals surface area contributed by atoms with E-state index < -0.39 is 0 Å². The maximum Gasteiger partial charge on any atom is -0.0110 e. The first-order valence-electron chi connectivity index (χ1n) is 4.39. The normalized spacial score (nSPS) is 38.0. The summed E-state index contributed by atoms with van der Waals surface area (Å²) in [5.74, 6) is 2.10. The molecular weight excluding hydrogens is 132 g/mol. The van der Waals surface area contributed by atoms with Crippen molar-refractivity contribution in [3.8, 4) is 0 Å². The zero-order chi connectivity index (χ0) is 8.59. The van der Waals surface area contributed by atoms with Crippen molar-refractivity contribution in [2.24, 2.45) is 17.8 Å². The van der Waals surface area contributed by atoms with Gasteiger partial charge in [0.1, 0.15) is 0 Å². The molecule has 11 heavy (non-hydrogen) atoms. The van der Waals surface area contributed by atoms with E-state index in [4.69, 9.17) is 0 Å². The van der Waals surface area contributed by atoms with Crippen LogP contribution in [-0.2, 0) is 0 Å². The third-order valence-electron chi connectivity index (χ3n) is 3.41. The summed E-state index contributed by atoms with van der Waals surface area (Å²) in [5, 5.41) is 0. The SMILES string of the molecule is C=CC1C(C)C(C)=C(C)C1C. The van der Waals surface area contributed by atoms with Crippen molar-refractivity contribution >= 4 is 0 Å². The van der Waals surface area contributed by atoms with Crippen molar-refractivity contribution in [2.45, 2.75) is 27.7 Å². The van der Waals surface area contributed by atoms with Gasteiger partial charge in [-0.05, 0) is 31.6 Å². The molecule has 0 spiro atoms. The van der Waals surface area contributed by atoms with Crippen LogP contribution in [0.4, 0.5) is 0 Å². The van der Waals surface area contributed by atoms with Crippen LogP contribution in [-0.4, -0.2) is 0 Å². The van der Waals surface area contributed by atoms with Crippen LogP contribution in [0, 0.1) is 17.8 Å². The molecule has 2 unspecified atom stereocenters. The van der Waals surface area contributed by atoms with E-state index in [-0.39, 0.29) is 0 Å². The first kappa shape index (κ1) is 8.58. The van der Waals surface area contributed by atoms with E-state index in [0.29, 0.717) is 17.8 Å². The molecule has 0 aromatic rings. The highest BCUT2D eigenvalue weighted by atomic mass is 14.4. The molecule has 0 saturated heterocycles. The molecular formula is C11H18. The van der Waals surface area contributed by atoms with Gasteiger partial charge >= 0.3 is 0 Å². The second-order valence-corrected chi connectivity index (χ2v) is 3.76. The Hall–Kier alpha value is -0.520. The number of allylic oxidation sites excluding steroid dienone is 3. The minimum Gasteiger partial charge on any atom is -0.103 e. The van der Waals surface area contributed by atoms with Crippen LogP contribution in [0.3, 0.4) is 0 Å².